The predicted octanol–water partition coefficient (Wildman–Crippen LogP) is 2.72. The van der Waals surface area contributed by atoms with E-state index in [-0.39, 0.29) is 17.4 Å². The lowest BCUT2D eigenvalue weighted by molar-refractivity contribution is -0.144. The molecule has 5 aliphatic carbocycles. The van der Waals surface area contributed by atoms with Crippen molar-refractivity contribution in [3.05, 3.63) is 29.7 Å². The molecule has 8 atom stereocenters. The highest BCUT2D eigenvalue weighted by Crippen LogP contribution is 2.62. The maximum Gasteiger partial charge on any atom is 0.306 e. The number of aliphatic carboxylic acids is 1. The van der Waals surface area contributed by atoms with Gasteiger partial charge < -0.3 is 20.6 Å². The number of carbonyl (C=O) groups is 1. The molecule has 26 heavy (non-hydrogen) atoms. The molecule has 5 heteroatoms. The molecule has 0 radical (unpaired) electrons. The normalized spacial score (nSPS) is 50.7. The van der Waals surface area contributed by atoms with E-state index in [1.165, 1.54) is 0 Å². The highest BCUT2D eigenvalue weighted by molar-refractivity contribution is 5.70. The first-order valence-corrected chi connectivity index (χ1v) is 10.1. The molecule has 7 aliphatic rings. The summed E-state index contributed by atoms with van der Waals surface area (Å²) in [6, 6.07) is 2.40. The molecule has 8 rings (SSSR count). The molecule has 1 aromatic heterocycles. The van der Waals surface area contributed by atoms with E-state index >= 15 is 0 Å². The maximum atomic E-state index is 11.9. The predicted molar refractivity (Wildman–Crippen MR) is 96.0 cm³/mol. The molecule has 138 valence electrons. The van der Waals surface area contributed by atoms with Gasteiger partial charge in [0.25, 0.3) is 0 Å². The van der Waals surface area contributed by atoms with Crippen molar-refractivity contribution in [2.45, 2.75) is 55.6 Å². The van der Waals surface area contributed by atoms with Crippen LogP contribution < -0.4 is 11.1 Å². The Bertz CT molecular complexity index is 816. The maximum absolute atomic E-state index is 11.9. The van der Waals surface area contributed by atoms with Gasteiger partial charge in [-0.15, -0.1) is 0 Å². The summed E-state index contributed by atoms with van der Waals surface area (Å²) >= 11 is 0. The molecule has 0 amide bonds. The molecule has 6 fully saturated rings. The molecule has 1 aromatic rings. The number of furan rings is 1. The quantitative estimate of drug-likeness (QED) is 0.722. The number of hydrogen-bond acceptors (Lipinski definition) is 4. The molecule has 2 aliphatic heterocycles. The number of nitrogens with one attached hydrogen (secondary N) is 1. The van der Waals surface area contributed by atoms with E-state index in [9.17, 15) is 9.90 Å². The molecular weight excluding hydrogens is 328 g/mol. The minimum absolute atomic E-state index is 0.164. The first-order chi connectivity index (χ1) is 12.5. The summed E-state index contributed by atoms with van der Waals surface area (Å²) < 4.78 is 5.64. The van der Waals surface area contributed by atoms with Gasteiger partial charge in [-0.2, -0.15) is 0 Å². The van der Waals surface area contributed by atoms with E-state index in [4.69, 9.17) is 10.2 Å². The summed E-state index contributed by atoms with van der Waals surface area (Å²) in [5.74, 6) is 1.69. The van der Waals surface area contributed by atoms with Crippen LogP contribution in [0.5, 0.6) is 0 Å². The monoisotopic (exact) mass is 354 g/mol. The first-order valence-electron chi connectivity index (χ1n) is 10.1. The third-order valence-electron chi connectivity index (χ3n) is 8.71. The summed E-state index contributed by atoms with van der Waals surface area (Å²) in [5, 5.41) is 13.8. The zero-order chi connectivity index (χ0) is 17.7. The third-order valence-corrected chi connectivity index (χ3v) is 8.71. The second-order valence-electron chi connectivity index (χ2n) is 9.39. The summed E-state index contributed by atoms with van der Waals surface area (Å²) in [4.78, 5) is 11.9. The van der Waals surface area contributed by atoms with Gasteiger partial charge >= 0.3 is 5.97 Å². The minimum atomic E-state index is -0.592. The zero-order valence-electron chi connectivity index (χ0n) is 14.9. The van der Waals surface area contributed by atoms with Crippen LogP contribution in [-0.4, -0.2) is 22.7 Å². The molecular formula is C21H26N2O3. The lowest BCUT2D eigenvalue weighted by Gasteiger charge is -2.67. The average molecular weight is 354 g/mol. The van der Waals surface area contributed by atoms with Crippen LogP contribution in [0.25, 0.3) is 6.08 Å². The van der Waals surface area contributed by atoms with Crippen LogP contribution in [0.2, 0.25) is 0 Å². The number of carboxylic acid groups (broad SMARTS) is 1. The van der Waals surface area contributed by atoms with Gasteiger partial charge in [-0.3, -0.25) is 4.79 Å². The summed E-state index contributed by atoms with van der Waals surface area (Å²) in [7, 11) is 0. The van der Waals surface area contributed by atoms with Gasteiger partial charge in [-0.1, -0.05) is 6.08 Å². The van der Waals surface area contributed by atoms with Crippen molar-refractivity contribution in [1.82, 2.24) is 5.32 Å². The second-order valence-corrected chi connectivity index (χ2v) is 9.39. The topological polar surface area (TPSA) is 88.5 Å². The van der Waals surface area contributed by atoms with E-state index in [0.29, 0.717) is 23.8 Å². The van der Waals surface area contributed by atoms with Gasteiger partial charge in [-0.25, -0.2) is 0 Å². The third kappa shape index (κ3) is 1.67. The SMILES string of the molecule is NC12CC[C@@H]3CC(C(=O)O)[C@H]4CCC35NC(C1C=Cc1occc12)C5C4. The number of rotatable bonds is 1. The Morgan fingerprint density at radius 1 is 1.31 bits per heavy atom. The van der Waals surface area contributed by atoms with Crippen molar-refractivity contribution >= 4 is 12.0 Å². The van der Waals surface area contributed by atoms with Crippen LogP contribution in [0.1, 0.15) is 49.8 Å². The van der Waals surface area contributed by atoms with E-state index in [1.54, 1.807) is 6.26 Å². The van der Waals surface area contributed by atoms with Crippen molar-refractivity contribution in [2.24, 2.45) is 35.3 Å². The standard InChI is InChI=1S/C21H26N2O3/c22-20-6-4-12-10-13(19(24)25)11-3-7-21(12)16(9-11)18(23-21)15(20)1-2-17-14(20)5-8-26-17/h1-2,5,8,11-13,15-16,18,23H,3-4,6-7,9-10,22H2,(H,24,25)/t11-,12+,13?,15?,16?,18?,20?,21?/m0/s1. The molecule has 1 spiro atoms. The Morgan fingerprint density at radius 2 is 2.19 bits per heavy atom. The lowest BCUT2D eigenvalue weighted by Crippen LogP contribution is -2.79. The van der Waals surface area contributed by atoms with Crippen LogP contribution in [0.15, 0.2) is 22.8 Å². The summed E-state index contributed by atoms with van der Waals surface area (Å²) in [6.07, 6.45) is 12.0. The number of carboxylic acids is 1. The molecule has 6 unspecified atom stereocenters. The van der Waals surface area contributed by atoms with Crippen molar-refractivity contribution in [3.63, 3.8) is 0 Å². The molecule has 5 nitrogen and oxygen atoms in total. The highest BCUT2D eigenvalue weighted by Gasteiger charge is 2.67. The van der Waals surface area contributed by atoms with Crippen molar-refractivity contribution in [2.75, 3.05) is 0 Å². The van der Waals surface area contributed by atoms with Crippen LogP contribution in [0.3, 0.4) is 0 Å². The van der Waals surface area contributed by atoms with Gasteiger partial charge in [0.05, 0.1) is 17.7 Å². The number of hydrogen-bond donors (Lipinski definition) is 3. The van der Waals surface area contributed by atoms with Gasteiger partial charge in [0.15, 0.2) is 0 Å². The van der Waals surface area contributed by atoms with Crippen LogP contribution in [-0.2, 0) is 10.3 Å². The molecule has 5 bridgehead atoms. The lowest BCUT2D eigenvalue weighted by atomic mass is 9.49. The van der Waals surface area contributed by atoms with Crippen molar-refractivity contribution in [3.8, 4) is 0 Å². The van der Waals surface area contributed by atoms with Crippen molar-refractivity contribution in [1.29, 1.82) is 0 Å². The van der Waals surface area contributed by atoms with Crippen LogP contribution in [0, 0.1) is 29.6 Å². The fourth-order valence-electron chi connectivity index (χ4n) is 7.47. The molecule has 4 saturated carbocycles. The Balaban J connectivity index is 1.45. The van der Waals surface area contributed by atoms with E-state index in [1.807, 2.05) is 6.07 Å². The molecule has 3 heterocycles. The zero-order valence-corrected chi connectivity index (χ0v) is 14.9. The summed E-state index contributed by atoms with van der Waals surface area (Å²) in [6.45, 7) is 0. The Morgan fingerprint density at radius 3 is 3.04 bits per heavy atom. The van der Waals surface area contributed by atoms with Crippen LogP contribution >= 0.6 is 0 Å². The van der Waals surface area contributed by atoms with Gasteiger partial charge in [0.1, 0.15) is 5.76 Å². The van der Waals surface area contributed by atoms with Crippen molar-refractivity contribution < 1.29 is 14.3 Å². The van der Waals surface area contributed by atoms with Gasteiger partial charge in [-0.05, 0) is 68.4 Å². The van der Waals surface area contributed by atoms with Gasteiger partial charge in [0.2, 0.25) is 0 Å². The molecule has 0 aromatic carbocycles. The van der Waals surface area contributed by atoms with E-state index in [0.717, 1.165) is 49.8 Å². The van der Waals surface area contributed by atoms with Gasteiger partial charge in [0, 0.05) is 23.1 Å². The van der Waals surface area contributed by atoms with E-state index < -0.39 is 11.5 Å². The van der Waals surface area contributed by atoms with E-state index in [2.05, 4.69) is 17.5 Å². The molecule has 4 N–H and O–H groups in total. The largest absolute Gasteiger partial charge is 0.481 e. The second kappa shape index (κ2) is 4.82. The Kier molecular flexibility index (Phi) is 2.86. The fourth-order valence-corrected chi connectivity index (χ4v) is 7.47. The Labute approximate surface area is 153 Å². The van der Waals surface area contributed by atoms with Crippen LogP contribution in [0.4, 0.5) is 0 Å². The molecule has 2 saturated heterocycles. The summed E-state index contributed by atoms with van der Waals surface area (Å²) in [5.41, 5.74) is 7.97. The highest BCUT2D eigenvalue weighted by atomic mass is 16.4. The Hall–Kier alpha value is -1.59. The fraction of sp³-hybridized carbons (Fsp3) is 0.667. The number of nitrogens with two attached hydrogens (primary N) is 1. The number of fused-ring (bicyclic) bond motifs is 4. The average Bonchev–Trinajstić information content (AvgIpc) is 2.97. The first kappa shape index (κ1) is 15.5. The minimum Gasteiger partial charge on any atom is -0.481 e. The smallest absolute Gasteiger partial charge is 0.306 e.